The van der Waals surface area contributed by atoms with E-state index in [1.54, 1.807) is 0 Å². The second-order valence-corrected chi connectivity index (χ2v) is 7.69. The van der Waals surface area contributed by atoms with Crippen LogP contribution in [0.15, 0.2) is 0 Å². The number of nitrogens with zero attached hydrogens (tertiary/aromatic N) is 1. The summed E-state index contributed by atoms with van der Waals surface area (Å²) in [4.78, 5) is 0.556. The summed E-state index contributed by atoms with van der Waals surface area (Å²) in [5.74, 6) is 0.468. The number of ether oxygens (including phenoxy) is 1. The zero-order valence-corrected chi connectivity index (χ0v) is 12.2. The fourth-order valence-corrected chi connectivity index (χ4v) is 4.35. The molecule has 2 rings (SSSR count). The minimum atomic E-state index is -3.30. The standard InChI is InChI=1S/C10H19BrN2O3S/c11-10-2-1-9(7-10)8-12-17(14,15)13-3-5-16-6-4-13/h9-10,12H,1-8H2. The van der Waals surface area contributed by atoms with Crippen LogP contribution in [0, 0.1) is 5.92 Å². The molecule has 7 heteroatoms. The molecule has 0 amide bonds. The van der Waals surface area contributed by atoms with Crippen molar-refractivity contribution in [3.63, 3.8) is 0 Å². The summed E-state index contributed by atoms with van der Waals surface area (Å²) in [6.07, 6.45) is 3.30. The Morgan fingerprint density at radius 2 is 2.00 bits per heavy atom. The Kier molecular flexibility index (Phi) is 4.82. The molecule has 1 saturated carbocycles. The first-order valence-electron chi connectivity index (χ1n) is 6.04. The fourth-order valence-electron chi connectivity index (χ4n) is 2.30. The largest absolute Gasteiger partial charge is 0.379 e. The van der Waals surface area contributed by atoms with Gasteiger partial charge in [-0.25, -0.2) is 4.72 Å². The highest BCUT2D eigenvalue weighted by Gasteiger charge is 2.27. The Morgan fingerprint density at radius 1 is 1.29 bits per heavy atom. The molecule has 2 fully saturated rings. The average Bonchev–Trinajstić information content (AvgIpc) is 2.74. The second-order valence-electron chi connectivity index (χ2n) is 4.64. The van der Waals surface area contributed by atoms with Gasteiger partial charge in [-0.1, -0.05) is 15.9 Å². The van der Waals surface area contributed by atoms with Crippen LogP contribution in [0.1, 0.15) is 19.3 Å². The first kappa shape index (κ1) is 13.7. The molecule has 0 spiro atoms. The van der Waals surface area contributed by atoms with Crippen molar-refractivity contribution in [1.82, 2.24) is 9.03 Å². The van der Waals surface area contributed by atoms with Crippen LogP contribution in [0.25, 0.3) is 0 Å². The Bertz CT molecular complexity index is 343. The Hall–Kier alpha value is 0.310. The summed E-state index contributed by atoms with van der Waals surface area (Å²) in [5, 5.41) is 0. The summed E-state index contributed by atoms with van der Waals surface area (Å²) in [5.41, 5.74) is 0. The number of hydrogen-bond acceptors (Lipinski definition) is 3. The van der Waals surface area contributed by atoms with E-state index in [1.807, 2.05) is 0 Å². The van der Waals surface area contributed by atoms with Crippen LogP contribution < -0.4 is 4.72 Å². The van der Waals surface area contributed by atoms with Gasteiger partial charge in [0.15, 0.2) is 0 Å². The predicted octanol–water partition coefficient (Wildman–Crippen LogP) is 0.717. The molecule has 17 heavy (non-hydrogen) atoms. The second kappa shape index (κ2) is 5.97. The van der Waals surface area contributed by atoms with E-state index in [9.17, 15) is 8.42 Å². The van der Waals surface area contributed by atoms with Crippen molar-refractivity contribution in [2.45, 2.75) is 24.1 Å². The highest BCUT2D eigenvalue weighted by Crippen LogP contribution is 2.30. The first-order valence-corrected chi connectivity index (χ1v) is 8.40. The molecule has 2 unspecified atom stereocenters. The minimum Gasteiger partial charge on any atom is -0.379 e. The van der Waals surface area contributed by atoms with Gasteiger partial charge in [-0.2, -0.15) is 12.7 Å². The van der Waals surface area contributed by atoms with Crippen molar-refractivity contribution >= 4 is 26.1 Å². The Morgan fingerprint density at radius 3 is 2.59 bits per heavy atom. The summed E-state index contributed by atoms with van der Waals surface area (Å²) in [6, 6.07) is 0. The quantitative estimate of drug-likeness (QED) is 0.774. The highest BCUT2D eigenvalue weighted by molar-refractivity contribution is 9.09. The van der Waals surface area contributed by atoms with E-state index in [0.717, 1.165) is 19.3 Å². The zero-order chi connectivity index (χ0) is 12.3. The normalized spacial score (nSPS) is 31.8. The van der Waals surface area contributed by atoms with Crippen LogP contribution in [0.2, 0.25) is 0 Å². The third-order valence-electron chi connectivity index (χ3n) is 3.34. The molecule has 0 aromatic heterocycles. The van der Waals surface area contributed by atoms with E-state index in [-0.39, 0.29) is 0 Å². The first-order chi connectivity index (χ1) is 8.08. The van der Waals surface area contributed by atoms with E-state index < -0.39 is 10.2 Å². The van der Waals surface area contributed by atoms with Crippen molar-refractivity contribution in [3.05, 3.63) is 0 Å². The Labute approximate surface area is 111 Å². The number of nitrogens with one attached hydrogen (secondary N) is 1. The van der Waals surface area contributed by atoms with Crippen molar-refractivity contribution < 1.29 is 13.2 Å². The predicted molar refractivity (Wildman–Crippen MR) is 69.4 cm³/mol. The number of morpholine rings is 1. The van der Waals surface area contributed by atoms with Gasteiger partial charge in [-0.3, -0.25) is 0 Å². The van der Waals surface area contributed by atoms with E-state index in [4.69, 9.17) is 4.74 Å². The van der Waals surface area contributed by atoms with Gasteiger partial charge in [0.2, 0.25) is 0 Å². The lowest BCUT2D eigenvalue weighted by atomic mass is 10.1. The lowest BCUT2D eigenvalue weighted by molar-refractivity contribution is 0.0724. The maximum atomic E-state index is 12.0. The van der Waals surface area contributed by atoms with Crippen LogP contribution in [0.5, 0.6) is 0 Å². The van der Waals surface area contributed by atoms with E-state index in [0.29, 0.717) is 43.6 Å². The molecule has 1 aliphatic heterocycles. The smallest absolute Gasteiger partial charge is 0.279 e. The van der Waals surface area contributed by atoms with Crippen LogP contribution in [0.4, 0.5) is 0 Å². The molecule has 2 aliphatic rings. The van der Waals surface area contributed by atoms with Gasteiger partial charge in [0.05, 0.1) is 13.2 Å². The van der Waals surface area contributed by atoms with E-state index in [1.165, 1.54) is 4.31 Å². The van der Waals surface area contributed by atoms with Crippen molar-refractivity contribution in [2.75, 3.05) is 32.8 Å². The van der Waals surface area contributed by atoms with Gasteiger partial charge in [-0.15, -0.1) is 0 Å². The molecule has 0 aromatic carbocycles. The third-order valence-corrected chi connectivity index (χ3v) is 5.75. The summed E-state index contributed by atoms with van der Waals surface area (Å²) in [7, 11) is -3.30. The van der Waals surface area contributed by atoms with Crippen LogP contribution >= 0.6 is 15.9 Å². The van der Waals surface area contributed by atoms with Crippen molar-refractivity contribution in [3.8, 4) is 0 Å². The van der Waals surface area contributed by atoms with Gasteiger partial charge >= 0.3 is 0 Å². The topological polar surface area (TPSA) is 58.6 Å². The maximum Gasteiger partial charge on any atom is 0.279 e. The van der Waals surface area contributed by atoms with E-state index in [2.05, 4.69) is 20.7 Å². The molecule has 1 saturated heterocycles. The minimum absolute atomic E-state index is 0.459. The van der Waals surface area contributed by atoms with Gasteiger partial charge in [-0.05, 0) is 25.2 Å². The summed E-state index contributed by atoms with van der Waals surface area (Å²) in [6.45, 7) is 2.46. The monoisotopic (exact) mass is 326 g/mol. The molecule has 0 aromatic rings. The molecule has 1 heterocycles. The SMILES string of the molecule is O=S(=O)(NCC1CCC(Br)C1)N1CCOCC1. The van der Waals surface area contributed by atoms with Crippen LogP contribution in [-0.2, 0) is 14.9 Å². The summed E-state index contributed by atoms with van der Waals surface area (Å²) >= 11 is 3.57. The average molecular weight is 327 g/mol. The molecule has 100 valence electrons. The Balaban J connectivity index is 1.80. The number of alkyl halides is 1. The van der Waals surface area contributed by atoms with Crippen molar-refractivity contribution in [2.24, 2.45) is 5.92 Å². The molecular weight excluding hydrogens is 308 g/mol. The molecule has 2 atom stereocenters. The van der Waals surface area contributed by atoms with Gasteiger partial charge in [0, 0.05) is 24.5 Å². The molecule has 1 N–H and O–H groups in total. The van der Waals surface area contributed by atoms with Crippen LogP contribution in [-0.4, -0.2) is 50.4 Å². The molecule has 5 nitrogen and oxygen atoms in total. The summed E-state index contributed by atoms with van der Waals surface area (Å²) < 4.78 is 33.3. The number of rotatable bonds is 4. The molecule has 0 bridgehead atoms. The number of hydrogen-bond donors (Lipinski definition) is 1. The lowest BCUT2D eigenvalue weighted by Gasteiger charge is -2.26. The van der Waals surface area contributed by atoms with Gasteiger partial charge < -0.3 is 4.74 Å². The zero-order valence-electron chi connectivity index (χ0n) is 9.77. The number of halogens is 1. The van der Waals surface area contributed by atoms with Crippen molar-refractivity contribution in [1.29, 1.82) is 0 Å². The lowest BCUT2D eigenvalue weighted by Crippen LogP contribution is -2.47. The van der Waals surface area contributed by atoms with Gasteiger partial charge in [0.1, 0.15) is 0 Å². The van der Waals surface area contributed by atoms with Gasteiger partial charge in [0.25, 0.3) is 10.2 Å². The van der Waals surface area contributed by atoms with Crippen LogP contribution in [0.3, 0.4) is 0 Å². The van der Waals surface area contributed by atoms with E-state index >= 15 is 0 Å². The fraction of sp³-hybridized carbons (Fsp3) is 1.00. The molecular formula is C10H19BrN2O3S. The third kappa shape index (κ3) is 3.89. The molecule has 0 radical (unpaired) electrons. The highest BCUT2D eigenvalue weighted by atomic mass is 79.9. The maximum absolute atomic E-state index is 12.0. The molecule has 1 aliphatic carbocycles.